The van der Waals surface area contributed by atoms with Crippen LogP contribution < -0.4 is 5.32 Å². The summed E-state index contributed by atoms with van der Waals surface area (Å²) in [4.78, 5) is 8.58. The Hall–Kier alpha value is -2.47. The number of aryl methyl sites for hydroxylation is 1. The van der Waals surface area contributed by atoms with E-state index in [0.717, 1.165) is 28.3 Å². The molecule has 0 bridgehead atoms. The van der Waals surface area contributed by atoms with Crippen molar-refractivity contribution in [1.82, 2.24) is 19.6 Å². The fraction of sp³-hybridized carbons (Fsp3) is 0.214. The molecule has 102 valence electrons. The second kappa shape index (κ2) is 5.26. The van der Waals surface area contributed by atoms with Crippen molar-refractivity contribution in [1.29, 1.82) is 0 Å². The molecule has 0 radical (unpaired) electrons. The van der Waals surface area contributed by atoms with E-state index in [1.807, 2.05) is 25.1 Å². The Bertz CT molecular complexity index is 723. The topological polar surface area (TPSA) is 75.3 Å². The van der Waals surface area contributed by atoms with Crippen LogP contribution in [-0.2, 0) is 0 Å². The molecule has 3 heterocycles. The van der Waals surface area contributed by atoms with Gasteiger partial charge < -0.3 is 10.4 Å². The lowest BCUT2D eigenvalue weighted by Crippen LogP contribution is -2.10. The molecule has 0 amide bonds. The van der Waals surface area contributed by atoms with Crippen LogP contribution in [0.15, 0.2) is 36.8 Å². The Morgan fingerprint density at radius 1 is 1.30 bits per heavy atom. The minimum Gasteiger partial charge on any atom is -0.395 e. The van der Waals surface area contributed by atoms with E-state index in [2.05, 4.69) is 20.4 Å². The first-order valence-corrected chi connectivity index (χ1v) is 6.40. The van der Waals surface area contributed by atoms with Gasteiger partial charge in [0, 0.05) is 36.3 Å². The van der Waals surface area contributed by atoms with Crippen LogP contribution in [-0.4, -0.2) is 37.8 Å². The van der Waals surface area contributed by atoms with E-state index in [1.54, 1.807) is 23.1 Å². The number of nitrogens with one attached hydrogen (secondary N) is 1. The van der Waals surface area contributed by atoms with Crippen LogP contribution in [0.25, 0.3) is 16.8 Å². The molecule has 0 aliphatic rings. The number of hydrogen-bond acceptors (Lipinski definition) is 5. The fourth-order valence-corrected chi connectivity index (χ4v) is 2.13. The number of nitrogens with zero attached hydrogens (tertiary/aromatic N) is 4. The van der Waals surface area contributed by atoms with E-state index in [4.69, 9.17) is 5.11 Å². The number of hydrogen-bond donors (Lipinski definition) is 2. The van der Waals surface area contributed by atoms with E-state index in [-0.39, 0.29) is 6.61 Å². The average Bonchev–Trinajstić information content (AvgIpc) is 2.89. The molecule has 0 aliphatic carbocycles. The first-order valence-electron chi connectivity index (χ1n) is 6.40. The maximum atomic E-state index is 8.94. The van der Waals surface area contributed by atoms with Crippen LogP contribution >= 0.6 is 0 Å². The number of aliphatic hydroxyl groups is 1. The summed E-state index contributed by atoms with van der Waals surface area (Å²) in [6.45, 7) is 2.48. The Balaban J connectivity index is 2.15. The summed E-state index contributed by atoms with van der Waals surface area (Å²) in [6, 6.07) is 5.77. The second-order valence-electron chi connectivity index (χ2n) is 4.46. The van der Waals surface area contributed by atoms with Gasteiger partial charge in [-0.2, -0.15) is 9.61 Å². The van der Waals surface area contributed by atoms with Gasteiger partial charge in [-0.05, 0) is 24.6 Å². The largest absolute Gasteiger partial charge is 0.395 e. The van der Waals surface area contributed by atoms with Crippen LogP contribution in [0, 0.1) is 6.92 Å². The summed E-state index contributed by atoms with van der Waals surface area (Å²) in [5, 5.41) is 16.5. The van der Waals surface area contributed by atoms with Crippen LogP contribution in [0.3, 0.4) is 0 Å². The molecule has 2 N–H and O–H groups in total. The highest BCUT2D eigenvalue weighted by atomic mass is 16.3. The zero-order valence-corrected chi connectivity index (χ0v) is 11.1. The van der Waals surface area contributed by atoms with Crippen LogP contribution in [0.4, 0.5) is 5.82 Å². The minimum absolute atomic E-state index is 0.0708. The highest BCUT2D eigenvalue weighted by molar-refractivity contribution is 5.77. The van der Waals surface area contributed by atoms with E-state index in [1.165, 1.54) is 0 Å². The average molecular weight is 269 g/mol. The summed E-state index contributed by atoms with van der Waals surface area (Å²) in [5.41, 5.74) is 3.68. The van der Waals surface area contributed by atoms with E-state index >= 15 is 0 Å². The first kappa shape index (κ1) is 12.6. The van der Waals surface area contributed by atoms with Gasteiger partial charge in [0.1, 0.15) is 5.82 Å². The van der Waals surface area contributed by atoms with Gasteiger partial charge in [-0.3, -0.25) is 4.98 Å². The van der Waals surface area contributed by atoms with Crippen LogP contribution in [0.1, 0.15) is 5.69 Å². The lowest BCUT2D eigenvalue weighted by atomic mass is 10.1. The van der Waals surface area contributed by atoms with Gasteiger partial charge in [0.15, 0.2) is 5.65 Å². The summed E-state index contributed by atoms with van der Waals surface area (Å²) in [7, 11) is 0. The molecular weight excluding hydrogens is 254 g/mol. The molecule has 3 rings (SSSR count). The zero-order chi connectivity index (χ0) is 13.9. The van der Waals surface area contributed by atoms with Crippen molar-refractivity contribution in [2.45, 2.75) is 6.92 Å². The number of anilines is 1. The molecule has 3 aromatic rings. The van der Waals surface area contributed by atoms with Crippen molar-refractivity contribution in [2.24, 2.45) is 0 Å². The van der Waals surface area contributed by atoms with Gasteiger partial charge >= 0.3 is 0 Å². The lowest BCUT2D eigenvalue weighted by molar-refractivity contribution is 0.311. The molecule has 0 unspecified atom stereocenters. The number of aromatic nitrogens is 4. The molecule has 0 aliphatic heterocycles. The quantitative estimate of drug-likeness (QED) is 0.750. The number of pyridine rings is 1. The molecule has 6 heteroatoms. The Labute approximate surface area is 116 Å². The van der Waals surface area contributed by atoms with Crippen molar-refractivity contribution in [2.75, 3.05) is 18.5 Å². The summed E-state index contributed by atoms with van der Waals surface area (Å²) < 4.78 is 1.75. The first-order chi connectivity index (χ1) is 9.79. The zero-order valence-electron chi connectivity index (χ0n) is 11.1. The molecule has 20 heavy (non-hydrogen) atoms. The third-order valence-corrected chi connectivity index (χ3v) is 3.01. The number of fused-ring (bicyclic) bond motifs is 1. The Kier molecular flexibility index (Phi) is 3.30. The van der Waals surface area contributed by atoms with Crippen LogP contribution in [0.5, 0.6) is 0 Å². The van der Waals surface area contributed by atoms with Crippen molar-refractivity contribution in [3.63, 3.8) is 0 Å². The highest BCUT2D eigenvalue weighted by Crippen LogP contribution is 2.24. The number of rotatable bonds is 4. The standard InChI is InChI=1S/C14H15N5O/c1-10-8-13(16-6-7-20)19-14(18-10)12(9-17-19)11-2-4-15-5-3-11/h2-5,8-9,16,20H,6-7H2,1H3. The molecule has 3 aromatic heterocycles. The van der Waals surface area contributed by atoms with E-state index in [9.17, 15) is 0 Å². The smallest absolute Gasteiger partial charge is 0.165 e. The van der Waals surface area contributed by atoms with Gasteiger partial charge in [-0.15, -0.1) is 0 Å². The summed E-state index contributed by atoms with van der Waals surface area (Å²) in [5.74, 6) is 0.821. The predicted octanol–water partition coefficient (Wildman–Crippen LogP) is 1.50. The van der Waals surface area contributed by atoms with Gasteiger partial charge in [0.25, 0.3) is 0 Å². The van der Waals surface area contributed by atoms with Crippen molar-refractivity contribution in [3.8, 4) is 11.1 Å². The second-order valence-corrected chi connectivity index (χ2v) is 4.46. The molecule has 0 aromatic carbocycles. The molecule has 0 atom stereocenters. The lowest BCUT2D eigenvalue weighted by Gasteiger charge is -2.08. The fourth-order valence-electron chi connectivity index (χ4n) is 2.13. The van der Waals surface area contributed by atoms with Gasteiger partial charge in [0.05, 0.1) is 12.8 Å². The molecule has 6 nitrogen and oxygen atoms in total. The Morgan fingerprint density at radius 2 is 2.10 bits per heavy atom. The highest BCUT2D eigenvalue weighted by Gasteiger charge is 2.11. The third kappa shape index (κ3) is 2.21. The van der Waals surface area contributed by atoms with Crippen LogP contribution in [0.2, 0.25) is 0 Å². The molecule has 0 spiro atoms. The molecule has 0 saturated heterocycles. The molecule has 0 saturated carbocycles. The number of aliphatic hydroxyl groups excluding tert-OH is 1. The monoisotopic (exact) mass is 269 g/mol. The summed E-state index contributed by atoms with van der Waals surface area (Å²) >= 11 is 0. The maximum absolute atomic E-state index is 8.94. The van der Waals surface area contributed by atoms with E-state index in [0.29, 0.717) is 6.54 Å². The van der Waals surface area contributed by atoms with Gasteiger partial charge in [-0.1, -0.05) is 0 Å². The SMILES string of the molecule is Cc1cc(NCCO)n2ncc(-c3ccncc3)c2n1. The summed E-state index contributed by atoms with van der Waals surface area (Å²) in [6.07, 6.45) is 5.29. The van der Waals surface area contributed by atoms with Crippen molar-refractivity contribution in [3.05, 3.63) is 42.5 Å². The predicted molar refractivity (Wildman–Crippen MR) is 76.5 cm³/mol. The molecular formula is C14H15N5O. The van der Waals surface area contributed by atoms with Gasteiger partial charge in [0.2, 0.25) is 0 Å². The van der Waals surface area contributed by atoms with Crippen molar-refractivity contribution < 1.29 is 5.11 Å². The molecule has 0 fully saturated rings. The van der Waals surface area contributed by atoms with Crippen molar-refractivity contribution >= 4 is 11.5 Å². The minimum atomic E-state index is 0.0708. The van der Waals surface area contributed by atoms with E-state index < -0.39 is 0 Å². The third-order valence-electron chi connectivity index (χ3n) is 3.01. The normalized spacial score (nSPS) is 10.9. The van der Waals surface area contributed by atoms with Gasteiger partial charge in [-0.25, -0.2) is 4.98 Å². The maximum Gasteiger partial charge on any atom is 0.165 e. The Morgan fingerprint density at radius 3 is 2.85 bits per heavy atom.